The molecule has 0 heterocycles. The molecule has 0 aliphatic carbocycles. The summed E-state index contributed by atoms with van der Waals surface area (Å²) in [4.78, 5) is 31.2. The first-order valence-corrected chi connectivity index (χ1v) is 7.70. The maximum absolute atomic E-state index is 10.4. The van der Waals surface area contributed by atoms with Gasteiger partial charge in [0.2, 0.25) is 0 Å². The zero-order chi connectivity index (χ0) is 19.7. The van der Waals surface area contributed by atoms with Crippen LogP contribution in [0.15, 0.2) is 35.5 Å². The second-order valence-electron chi connectivity index (χ2n) is 4.82. The molecule has 25 heavy (non-hydrogen) atoms. The summed E-state index contributed by atoms with van der Waals surface area (Å²) in [5.74, 6) is 0.130. The van der Waals surface area contributed by atoms with E-state index in [0.29, 0.717) is 19.3 Å². The van der Waals surface area contributed by atoms with Crippen LogP contribution in [0.1, 0.15) is 60.8 Å². The molecule has 0 rings (SSSR count). The predicted molar refractivity (Wildman–Crippen MR) is 95.1 cm³/mol. The van der Waals surface area contributed by atoms with Crippen LogP contribution < -0.4 is 0 Å². The van der Waals surface area contributed by atoms with Crippen molar-refractivity contribution in [3.05, 3.63) is 35.5 Å². The van der Waals surface area contributed by atoms with Gasteiger partial charge >= 0.3 is 0 Å². The molecule has 0 aromatic rings. The number of rotatable bonds is 6. The molecule has 7 heteroatoms. The van der Waals surface area contributed by atoms with Crippen LogP contribution in [0.2, 0.25) is 0 Å². The second kappa shape index (κ2) is 20.2. The number of aliphatic hydroxyl groups is 3. The number of aliphatic hydroxyl groups excluding tert-OH is 3. The summed E-state index contributed by atoms with van der Waals surface area (Å²) in [5.41, 5.74) is 0. The van der Waals surface area contributed by atoms with E-state index >= 15 is 0 Å². The third-order valence-electron chi connectivity index (χ3n) is 2.16. The Bertz CT molecular complexity index is 406. The van der Waals surface area contributed by atoms with Crippen molar-refractivity contribution in [3.8, 4) is 0 Å². The fourth-order valence-electron chi connectivity index (χ4n) is 1.01. The minimum absolute atomic E-state index is 0. The summed E-state index contributed by atoms with van der Waals surface area (Å²) >= 11 is 0. The topological polar surface area (TPSA) is 112 Å². The van der Waals surface area contributed by atoms with Gasteiger partial charge in [0.1, 0.15) is 0 Å². The van der Waals surface area contributed by atoms with Gasteiger partial charge in [-0.2, -0.15) is 0 Å². The number of allylic oxidation sites excluding steroid dienone is 6. The van der Waals surface area contributed by atoms with Crippen LogP contribution in [-0.2, 0) is 31.5 Å². The van der Waals surface area contributed by atoms with Crippen LogP contribution in [-0.4, -0.2) is 32.7 Å². The first-order chi connectivity index (χ1) is 11.0. The predicted octanol–water partition coefficient (Wildman–Crippen LogP) is 4.28. The van der Waals surface area contributed by atoms with Crippen LogP contribution >= 0.6 is 0 Å². The summed E-state index contributed by atoms with van der Waals surface area (Å²) in [6.07, 6.45) is 5.04. The van der Waals surface area contributed by atoms with Gasteiger partial charge in [-0.3, -0.25) is 14.4 Å². The van der Waals surface area contributed by atoms with Gasteiger partial charge in [0, 0.05) is 54.6 Å². The number of carbonyl (C=O) groups is 3. The normalized spacial score (nSPS) is 11.0. The third kappa shape index (κ3) is 34.5. The molecule has 6 nitrogen and oxygen atoms in total. The van der Waals surface area contributed by atoms with E-state index in [2.05, 4.69) is 0 Å². The second-order valence-corrected chi connectivity index (χ2v) is 4.82. The molecule has 0 fully saturated rings. The van der Waals surface area contributed by atoms with Gasteiger partial charge in [0.15, 0.2) is 17.3 Å². The number of hydrogen-bond acceptors (Lipinski definition) is 6. The molecule has 0 spiro atoms. The van der Waals surface area contributed by atoms with Crippen molar-refractivity contribution in [2.45, 2.75) is 60.8 Å². The Morgan fingerprint density at radius 3 is 0.800 bits per heavy atom. The van der Waals surface area contributed by atoms with Crippen LogP contribution in [0.25, 0.3) is 0 Å². The molecule has 0 radical (unpaired) electrons. The van der Waals surface area contributed by atoms with E-state index in [1.165, 1.54) is 39.0 Å². The molecule has 0 atom stereocenters. The minimum atomic E-state index is -0.0370. The van der Waals surface area contributed by atoms with E-state index in [9.17, 15) is 14.4 Å². The van der Waals surface area contributed by atoms with E-state index < -0.39 is 0 Å². The molecule has 0 bridgehead atoms. The molecule has 0 amide bonds. The van der Waals surface area contributed by atoms with E-state index in [1.54, 1.807) is 20.8 Å². The Labute approximate surface area is 160 Å². The Hall–Kier alpha value is -1.85. The summed E-state index contributed by atoms with van der Waals surface area (Å²) in [7, 11) is 0. The molecule has 0 saturated carbocycles. The molecule has 0 aromatic carbocycles. The quantitative estimate of drug-likeness (QED) is 0.350. The van der Waals surface area contributed by atoms with Crippen molar-refractivity contribution >= 4 is 17.3 Å². The van der Waals surface area contributed by atoms with E-state index in [4.69, 9.17) is 15.3 Å². The fraction of sp³-hybridized carbons (Fsp3) is 0.500. The largest absolute Gasteiger partial charge is 0.512 e. The van der Waals surface area contributed by atoms with Crippen molar-refractivity contribution in [1.29, 1.82) is 0 Å². The Morgan fingerprint density at radius 1 is 0.600 bits per heavy atom. The van der Waals surface area contributed by atoms with Crippen molar-refractivity contribution in [3.63, 3.8) is 0 Å². The number of carbonyl (C=O) groups excluding carboxylic acids is 3. The van der Waals surface area contributed by atoms with Gasteiger partial charge in [-0.25, -0.2) is 0 Å². The van der Waals surface area contributed by atoms with Gasteiger partial charge < -0.3 is 15.3 Å². The summed E-state index contributed by atoms with van der Waals surface area (Å²) in [6, 6.07) is 0. The summed E-state index contributed by atoms with van der Waals surface area (Å²) < 4.78 is 0. The smallest absolute Gasteiger partial charge is 0.158 e. The zero-order valence-corrected chi connectivity index (χ0v) is 16.9. The van der Waals surface area contributed by atoms with Crippen LogP contribution in [0.4, 0.5) is 0 Å². The average molecular weight is 398 g/mol. The Kier molecular flexibility index (Phi) is 25.0. The van der Waals surface area contributed by atoms with Crippen molar-refractivity contribution in [2.75, 3.05) is 0 Å². The van der Waals surface area contributed by atoms with Gasteiger partial charge in [-0.15, -0.1) is 0 Å². The maximum atomic E-state index is 10.4. The fourth-order valence-corrected chi connectivity index (χ4v) is 1.01. The molecular formula is C18H30FeO6. The van der Waals surface area contributed by atoms with Crippen molar-refractivity contribution < 1.29 is 46.8 Å². The van der Waals surface area contributed by atoms with E-state index in [-0.39, 0.29) is 51.7 Å². The summed E-state index contributed by atoms with van der Waals surface area (Å²) in [5, 5.41) is 25.5. The molecule has 0 aliphatic rings. The standard InChI is InChI=1S/3C6H10O2.Fe/c3*1-3-6(8)4-5(2)7;/h3*4,7H,3H2,1-2H3;/b3*5-4-;. The number of ketones is 3. The van der Waals surface area contributed by atoms with E-state index in [1.807, 2.05) is 0 Å². The minimum Gasteiger partial charge on any atom is -0.512 e. The first kappa shape index (κ1) is 31.0. The third-order valence-corrected chi connectivity index (χ3v) is 2.16. The molecule has 0 saturated heterocycles. The van der Waals surface area contributed by atoms with Crippen molar-refractivity contribution in [2.24, 2.45) is 0 Å². The molecule has 0 unspecified atom stereocenters. The first-order valence-electron chi connectivity index (χ1n) is 7.70. The maximum Gasteiger partial charge on any atom is 0.158 e. The van der Waals surface area contributed by atoms with E-state index in [0.717, 1.165) is 0 Å². The summed E-state index contributed by atoms with van der Waals surface area (Å²) in [6.45, 7) is 9.69. The van der Waals surface area contributed by atoms with Crippen LogP contribution in [0.5, 0.6) is 0 Å². The van der Waals surface area contributed by atoms with Gasteiger partial charge in [-0.05, 0) is 20.8 Å². The monoisotopic (exact) mass is 398 g/mol. The Balaban J connectivity index is -0.000000130. The molecule has 146 valence electrons. The zero-order valence-electron chi connectivity index (χ0n) is 15.8. The van der Waals surface area contributed by atoms with Crippen LogP contribution in [0, 0.1) is 0 Å². The molecule has 0 aliphatic heterocycles. The number of hydrogen-bond donors (Lipinski definition) is 3. The SMILES string of the molecule is CCC(=O)/C=C(/C)O.CCC(=O)/C=C(/C)O.CCC(=O)/C=C(/C)O.[Fe]. The van der Waals surface area contributed by atoms with Gasteiger partial charge in [-0.1, -0.05) is 20.8 Å². The van der Waals surface area contributed by atoms with Gasteiger partial charge in [0.25, 0.3) is 0 Å². The average Bonchev–Trinajstić information content (AvgIpc) is 2.46. The molecule has 3 N–H and O–H groups in total. The molecular weight excluding hydrogens is 368 g/mol. The molecule has 0 aromatic heterocycles. The van der Waals surface area contributed by atoms with Gasteiger partial charge in [0.05, 0.1) is 17.3 Å². The van der Waals surface area contributed by atoms with Crippen LogP contribution in [0.3, 0.4) is 0 Å². The van der Waals surface area contributed by atoms with Crippen molar-refractivity contribution in [1.82, 2.24) is 0 Å². The Morgan fingerprint density at radius 2 is 0.760 bits per heavy atom.